The fourth-order valence-electron chi connectivity index (χ4n) is 5.52. The van der Waals surface area contributed by atoms with E-state index in [-0.39, 0.29) is 0 Å². The molecule has 0 radical (unpaired) electrons. The molecule has 0 aliphatic rings. The maximum atomic E-state index is 6.20. The van der Waals surface area contributed by atoms with E-state index in [1.165, 1.54) is 0 Å². The van der Waals surface area contributed by atoms with Crippen LogP contribution in [0.4, 0.5) is 0 Å². The van der Waals surface area contributed by atoms with Crippen molar-refractivity contribution in [2.24, 2.45) is 0 Å². The summed E-state index contributed by atoms with van der Waals surface area (Å²) in [5, 5.41) is 32.9. The molecule has 49 heavy (non-hydrogen) atoms. The summed E-state index contributed by atoms with van der Waals surface area (Å²) in [6, 6.07) is 27.9. The van der Waals surface area contributed by atoms with E-state index in [1.54, 1.807) is 31.3 Å². The fourth-order valence-corrected chi connectivity index (χ4v) is 5.52. The quantitative estimate of drug-likeness (QED) is 0.167. The number of hydrogen-bond acceptors (Lipinski definition) is 10. The van der Waals surface area contributed by atoms with Crippen LogP contribution in [-0.4, -0.2) is 59.7 Å². The third-order valence-electron chi connectivity index (χ3n) is 8.06. The average molecular weight is 655 g/mol. The second-order valence-electron chi connectivity index (χ2n) is 11.5. The van der Waals surface area contributed by atoms with Crippen LogP contribution in [0.3, 0.4) is 0 Å². The number of hydrogen-bond donors (Lipinski definition) is 3. The lowest BCUT2D eigenvalue weighted by Crippen LogP contribution is -2.17. The zero-order valence-corrected chi connectivity index (χ0v) is 27.0. The van der Waals surface area contributed by atoms with Crippen LogP contribution in [0.5, 0.6) is 11.5 Å². The first-order chi connectivity index (χ1) is 24.0. The third-order valence-corrected chi connectivity index (χ3v) is 8.06. The molecule has 0 saturated carbocycles. The van der Waals surface area contributed by atoms with Crippen molar-refractivity contribution in [2.75, 3.05) is 20.1 Å². The maximum Gasteiger partial charge on any atom is 0.220 e. The number of nitrogens with zero attached hydrogens (tertiary/aromatic N) is 7. The monoisotopic (exact) mass is 654 g/mol. The zero-order chi connectivity index (χ0) is 33.6. The number of nitrogen functional groups attached to an aromatic ring is 1. The van der Waals surface area contributed by atoms with Crippen molar-refractivity contribution in [2.45, 2.75) is 25.7 Å². The Morgan fingerprint density at radius 2 is 1.06 bits per heavy atom. The predicted octanol–water partition coefficient (Wildman–Crippen LogP) is 5.19. The van der Waals surface area contributed by atoms with E-state index in [1.807, 2.05) is 72.8 Å². The number of benzene rings is 4. The molecule has 0 aliphatic carbocycles. The van der Waals surface area contributed by atoms with Crippen molar-refractivity contribution in [3.05, 3.63) is 143 Å². The Bertz CT molecular complexity index is 2320. The lowest BCUT2D eigenvalue weighted by atomic mass is 10.1. The molecule has 4 aromatic carbocycles. The molecule has 0 aliphatic heterocycles. The van der Waals surface area contributed by atoms with Crippen LogP contribution in [0.1, 0.15) is 45.7 Å². The standard InChI is InChI=1S/C18H18N6O.C18H16N4O2/c1-25-15-4-2-3-12(8-15)9-17-22-23-18(24(17)19)10-13-5-6-16-14(7-13)11-20-21-16;1-23-15-4-2-3-12(8-15)9-17-21-22-18(24-17)10-13-5-6-16-14(7-13)11-19-20-16/h2-8,11H,9-10,19H2,1H3,(H,20,21);2-8,11H,9-10H2,1H3,(H,19,20). The Hall–Kier alpha value is -6.50. The van der Waals surface area contributed by atoms with E-state index in [4.69, 9.17) is 19.7 Å². The first-order valence-electron chi connectivity index (χ1n) is 15.6. The van der Waals surface area contributed by atoms with Crippen LogP contribution in [0.25, 0.3) is 21.8 Å². The topological polar surface area (TPSA) is 171 Å². The Morgan fingerprint density at radius 1 is 0.592 bits per heavy atom. The van der Waals surface area contributed by atoms with Gasteiger partial charge in [0.25, 0.3) is 0 Å². The molecule has 13 nitrogen and oxygen atoms in total. The van der Waals surface area contributed by atoms with Crippen molar-refractivity contribution < 1.29 is 13.9 Å². The van der Waals surface area contributed by atoms with Crippen LogP contribution in [0.2, 0.25) is 0 Å². The normalized spacial score (nSPS) is 11.1. The van der Waals surface area contributed by atoms with Gasteiger partial charge in [-0.1, -0.05) is 36.4 Å². The van der Waals surface area contributed by atoms with Gasteiger partial charge in [0.2, 0.25) is 11.8 Å². The lowest BCUT2D eigenvalue weighted by molar-refractivity contribution is 0.414. The van der Waals surface area contributed by atoms with Gasteiger partial charge in [-0.3, -0.25) is 10.2 Å². The molecule has 4 heterocycles. The molecule has 8 rings (SSSR count). The third kappa shape index (κ3) is 7.41. The molecule has 13 heteroatoms. The van der Waals surface area contributed by atoms with Crippen LogP contribution in [0.15, 0.2) is 102 Å². The zero-order valence-electron chi connectivity index (χ0n) is 27.0. The molecule has 0 saturated heterocycles. The smallest absolute Gasteiger partial charge is 0.220 e. The van der Waals surface area contributed by atoms with E-state index >= 15 is 0 Å². The van der Waals surface area contributed by atoms with Gasteiger partial charge in [-0.2, -0.15) is 10.2 Å². The molecule has 0 atom stereocenters. The molecule has 4 aromatic heterocycles. The van der Waals surface area contributed by atoms with Gasteiger partial charge in [0.1, 0.15) is 11.5 Å². The number of methoxy groups -OCH3 is 2. The minimum Gasteiger partial charge on any atom is -0.497 e. The van der Waals surface area contributed by atoms with E-state index in [9.17, 15) is 0 Å². The highest BCUT2D eigenvalue weighted by Crippen LogP contribution is 2.20. The predicted molar refractivity (Wildman–Crippen MR) is 184 cm³/mol. The Balaban J connectivity index is 0.000000154. The van der Waals surface area contributed by atoms with Crippen molar-refractivity contribution in [1.29, 1.82) is 0 Å². The minimum absolute atomic E-state index is 0.588. The largest absolute Gasteiger partial charge is 0.497 e. The number of rotatable bonds is 10. The average Bonchev–Trinajstić information content (AvgIpc) is 3.95. The van der Waals surface area contributed by atoms with Crippen molar-refractivity contribution in [1.82, 2.24) is 45.5 Å². The summed E-state index contributed by atoms with van der Waals surface area (Å²) >= 11 is 0. The van der Waals surface area contributed by atoms with Crippen LogP contribution in [-0.2, 0) is 25.7 Å². The number of aromatic amines is 2. The van der Waals surface area contributed by atoms with E-state index < -0.39 is 0 Å². The second kappa shape index (κ2) is 14.1. The second-order valence-corrected chi connectivity index (χ2v) is 11.5. The van der Waals surface area contributed by atoms with Crippen LogP contribution < -0.4 is 15.3 Å². The van der Waals surface area contributed by atoms with Gasteiger partial charge in [-0.15, -0.1) is 20.4 Å². The van der Waals surface area contributed by atoms with E-state index in [0.29, 0.717) is 43.3 Å². The number of fused-ring (bicyclic) bond motifs is 2. The number of H-pyrrole nitrogens is 2. The molecule has 4 N–H and O–H groups in total. The molecule has 0 amide bonds. The van der Waals surface area contributed by atoms with Gasteiger partial charge in [0.15, 0.2) is 11.6 Å². The number of nitrogens with two attached hydrogens (primary N) is 1. The molecule has 0 unspecified atom stereocenters. The fraction of sp³-hybridized carbons (Fsp3) is 0.167. The molecule has 0 fully saturated rings. The number of aromatic nitrogens is 9. The summed E-state index contributed by atoms with van der Waals surface area (Å²) < 4.78 is 17.8. The van der Waals surface area contributed by atoms with E-state index in [0.717, 1.165) is 61.4 Å². The number of ether oxygens (including phenoxy) is 2. The van der Waals surface area contributed by atoms with Gasteiger partial charge >= 0.3 is 0 Å². The summed E-state index contributed by atoms with van der Waals surface area (Å²) in [4.78, 5) is 0. The molecule has 0 spiro atoms. The summed E-state index contributed by atoms with van der Waals surface area (Å²) in [6.45, 7) is 0. The van der Waals surface area contributed by atoms with Crippen LogP contribution >= 0.6 is 0 Å². The first kappa shape index (κ1) is 31.1. The molecule has 0 bridgehead atoms. The highest BCUT2D eigenvalue weighted by atomic mass is 16.5. The Labute approximate surface area is 281 Å². The van der Waals surface area contributed by atoms with Gasteiger partial charge < -0.3 is 19.7 Å². The SMILES string of the molecule is COc1cccc(Cc2nnc(Cc3ccc4[nH]ncc4c3)n2N)c1.COc1cccc(Cc2nnc(Cc3ccc4[nH]ncc4c3)o2)c1. The van der Waals surface area contributed by atoms with Crippen molar-refractivity contribution >= 4 is 21.8 Å². The number of nitrogens with one attached hydrogen (secondary N) is 2. The highest BCUT2D eigenvalue weighted by molar-refractivity contribution is 5.79. The van der Waals surface area contributed by atoms with Gasteiger partial charge in [0, 0.05) is 23.6 Å². The minimum atomic E-state index is 0.588. The summed E-state index contributed by atoms with van der Waals surface area (Å²) in [5.41, 5.74) is 6.40. The van der Waals surface area contributed by atoms with Gasteiger partial charge in [0.05, 0.1) is 50.5 Å². The molecular formula is C36H34N10O3. The molecule has 246 valence electrons. The highest BCUT2D eigenvalue weighted by Gasteiger charge is 2.13. The van der Waals surface area contributed by atoms with Gasteiger partial charge in [-0.25, -0.2) is 4.68 Å². The maximum absolute atomic E-state index is 6.20. The van der Waals surface area contributed by atoms with Gasteiger partial charge in [-0.05, 0) is 70.8 Å². The van der Waals surface area contributed by atoms with E-state index in [2.05, 4.69) is 52.9 Å². The summed E-state index contributed by atoms with van der Waals surface area (Å²) in [5.74, 6) is 10.5. The Kier molecular flexibility index (Phi) is 8.95. The summed E-state index contributed by atoms with van der Waals surface area (Å²) in [6.07, 6.45) is 6.02. The van der Waals surface area contributed by atoms with Crippen molar-refractivity contribution in [3.63, 3.8) is 0 Å². The summed E-state index contributed by atoms with van der Waals surface area (Å²) in [7, 11) is 3.31. The molecule has 8 aromatic rings. The lowest BCUT2D eigenvalue weighted by Gasteiger charge is -2.06. The molecular weight excluding hydrogens is 620 g/mol. The Morgan fingerprint density at radius 3 is 1.57 bits per heavy atom. The van der Waals surface area contributed by atoms with Crippen LogP contribution in [0, 0.1) is 0 Å². The van der Waals surface area contributed by atoms with Crippen molar-refractivity contribution in [3.8, 4) is 11.5 Å². The first-order valence-corrected chi connectivity index (χ1v) is 15.6.